The van der Waals surface area contributed by atoms with Crippen LogP contribution in [0.5, 0.6) is 0 Å². The van der Waals surface area contributed by atoms with Gasteiger partial charge in [0.05, 0.1) is 4.88 Å². The number of amides is 2. The third-order valence-electron chi connectivity index (χ3n) is 5.19. The van der Waals surface area contributed by atoms with Crippen molar-refractivity contribution in [3.05, 3.63) is 64.9 Å². The first-order chi connectivity index (χ1) is 13.7. The number of rotatable bonds is 3. The Hall–Kier alpha value is -3.12. The number of para-hydroxylation sites is 1. The van der Waals surface area contributed by atoms with Crippen molar-refractivity contribution < 1.29 is 14.0 Å². The number of nitrogens with zero attached hydrogens (tertiary/aromatic N) is 1. The molecule has 2 aromatic heterocycles. The lowest BCUT2D eigenvalue weighted by atomic mass is 10.1. The van der Waals surface area contributed by atoms with Gasteiger partial charge in [-0.2, -0.15) is 0 Å². The molecule has 0 spiro atoms. The van der Waals surface area contributed by atoms with Crippen molar-refractivity contribution >= 4 is 50.8 Å². The average Bonchev–Trinajstić information content (AvgIpc) is 3.45. The first kappa shape index (κ1) is 17.0. The molecule has 0 bridgehead atoms. The van der Waals surface area contributed by atoms with Crippen LogP contribution in [0.25, 0.3) is 21.9 Å². The van der Waals surface area contributed by atoms with Gasteiger partial charge in [-0.1, -0.05) is 24.3 Å². The van der Waals surface area contributed by atoms with Gasteiger partial charge >= 0.3 is 0 Å². The molecule has 1 aliphatic heterocycles. The highest BCUT2D eigenvalue weighted by molar-refractivity contribution is 7.12. The summed E-state index contributed by atoms with van der Waals surface area (Å²) < 4.78 is 5.89. The van der Waals surface area contributed by atoms with Crippen LogP contribution >= 0.6 is 11.3 Å². The molecule has 2 amide bonds. The van der Waals surface area contributed by atoms with E-state index in [-0.39, 0.29) is 11.8 Å². The smallest absolute Gasteiger partial charge is 0.264 e. The summed E-state index contributed by atoms with van der Waals surface area (Å²) in [6.45, 7) is 0.609. The van der Waals surface area contributed by atoms with Gasteiger partial charge in [0.2, 0.25) is 5.91 Å². The molecule has 4 aromatic rings. The van der Waals surface area contributed by atoms with Crippen molar-refractivity contribution in [3.63, 3.8) is 0 Å². The van der Waals surface area contributed by atoms with Gasteiger partial charge in [0, 0.05) is 29.1 Å². The van der Waals surface area contributed by atoms with Crippen LogP contribution in [0.15, 0.2) is 64.4 Å². The molecule has 2 aromatic carbocycles. The number of carbonyl (C=O) groups excluding carboxylic acids is 2. The minimum Gasteiger partial charge on any atom is -0.456 e. The lowest BCUT2D eigenvalue weighted by Crippen LogP contribution is -2.42. The molecule has 0 unspecified atom stereocenters. The van der Waals surface area contributed by atoms with Crippen molar-refractivity contribution in [3.8, 4) is 0 Å². The zero-order chi connectivity index (χ0) is 19.1. The largest absolute Gasteiger partial charge is 0.456 e. The van der Waals surface area contributed by atoms with Crippen LogP contribution in [0.1, 0.15) is 22.5 Å². The number of anilines is 1. The summed E-state index contributed by atoms with van der Waals surface area (Å²) in [4.78, 5) is 27.9. The second-order valence-electron chi connectivity index (χ2n) is 6.93. The Morgan fingerprint density at radius 1 is 1.04 bits per heavy atom. The number of nitrogens with one attached hydrogen (secondary N) is 1. The van der Waals surface area contributed by atoms with Crippen LogP contribution in [-0.4, -0.2) is 29.3 Å². The van der Waals surface area contributed by atoms with E-state index in [2.05, 4.69) is 5.32 Å². The Morgan fingerprint density at radius 3 is 2.75 bits per heavy atom. The van der Waals surface area contributed by atoms with Crippen molar-refractivity contribution in [2.45, 2.75) is 18.9 Å². The van der Waals surface area contributed by atoms with Gasteiger partial charge in [-0.15, -0.1) is 11.3 Å². The van der Waals surface area contributed by atoms with E-state index < -0.39 is 6.04 Å². The summed E-state index contributed by atoms with van der Waals surface area (Å²) in [6.07, 6.45) is 1.51. The maximum atomic E-state index is 12.9. The minimum absolute atomic E-state index is 0.0691. The lowest BCUT2D eigenvalue weighted by Gasteiger charge is -2.23. The van der Waals surface area contributed by atoms with Gasteiger partial charge in [0.15, 0.2) is 0 Å². The van der Waals surface area contributed by atoms with Gasteiger partial charge in [0.1, 0.15) is 17.2 Å². The van der Waals surface area contributed by atoms with Crippen LogP contribution in [0.2, 0.25) is 0 Å². The summed E-state index contributed by atoms with van der Waals surface area (Å²) in [5.74, 6) is -0.224. The Kier molecular flexibility index (Phi) is 4.13. The molecule has 0 aliphatic carbocycles. The van der Waals surface area contributed by atoms with E-state index in [1.54, 1.807) is 11.0 Å². The summed E-state index contributed by atoms with van der Waals surface area (Å²) in [5, 5.41) is 6.91. The lowest BCUT2D eigenvalue weighted by molar-refractivity contribution is -0.119. The molecule has 1 saturated heterocycles. The molecule has 0 radical (unpaired) electrons. The highest BCUT2D eigenvalue weighted by Gasteiger charge is 2.34. The average molecular weight is 390 g/mol. The zero-order valence-corrected chi connectivity index (χ0v) is 15.9. The Bertz CT molecular complexity index is 1180. The third-order valence-corrected chi connectivity index (χ3v) is 6.05. The molecule has 1 N–H and O–H groups in total. The van der Waals surface area contributed by atoms with Gasteiger partial charge in [0.25, 0.3) is 5.91 Å². The van der Waals surface area contributed by atoms with Crippen LogP contribution < -0.4 is 5.32 Å². The Balaban J connectivity index is 1.38. The van der Waals surface area contributed by atoms with E-state index in [1.165, 1.54) is 11.3 Å². The number of fused-ring (bicyclic) bond motifs is 3. The molecular weight excluding hydrogens is 372 g/mol. The molecule has 140 valence electrons. The van der Waals surface area contributed by atoms with Gasteiger partial charge < -0.3 is 14.6 Å². The number of carbonyl (C=O) groups is 2. The van der Waals surface area contributed by atoms with Gasteiger partial charge in [-0.05, 0) is 42.5 Å². The number of likely N-dealkylation sites (tertiary alicyclic amines) is 1. The molecule has 1 atom stereocenters. The quantitative estimate of drug-likeness (QED) is 0.542. The summed E-state index contributed by atoms with van der Waals surface area (Å²) in [5.41, 5.74) is 2.23. The number of thiophene rings is 1. The fourth-order valence-corrected chi connectivity index (χ4v) is 4.53. The number of hydrogen-bond acceptors (Lipinski definition) is 4. The second kappa shape index (κ2) is 6.80. The molecular formula is C22H18N2O3S. The van der Waals surface area contributed by atoms with Crippen LogP contribution in [0.3, 0.4) is 0 Å². The molecule has 6 heteroatoms. The molecule has 1 fully saturated rings. The van der Waals surface area contributed by atoms with E-state index in [4.69, 9.17) is 4.42 Å². The van der Waals surface area contributed by atoms with Crippen LogP contribution in [0, 0.1) is 0 Å². The SMILES string of the molecule is O=C(Nc1ccc2c(c1)oc1ccccc12)[C@@H]1CCCN1C(=O)c1cccs1. The Morgan fingerprint density at radius 2 is 1.89 bits per heavy atom. The van der Waals surface area contributed by atoms with Crippen molar-refractivity contribution in [2.24, 2.45) is 0 Å². The molecule has 5 nitrogen and oxygen atoms in total. The van der Waals surface area contributed by atoms with Crippen molar-refractivity contribution in [1.82, 2.24) is 4.90 Å². The monoisotopic (exact) mass is 390 g/mol. The first-order valence-electron chi connectivity index (χ1n) is 9.27. The van der Waals surface area contributed by atoms with E-state index in [1.807, 2.05) is 53.9 Å². The Labute approximate surface area is 165 Å². The standard InChI is InChI=1S/C22H18N2O3S/c25-21(17-6-3-11-24(17)22(26)20-8-4-12-28-20)23-14-9-10-16-15-5-1-2-7-18(15)27-19(16)13-14/h1-2,4-5,7-10,12-13,17H,3,6,11H2,(H,23,25)/t17-/m0/s1. The van der Waals surface area contributed by atoms with E-state index >= 15 is 0 Å². The summed E-state index contributed by atoms with van der Waals surface area (Å²) >= 11 is 1.40. The van der Waals surface area contributed by atoms with Crippen molar-refractivity contribution in [1.29, 1.82) is 0 Å². The fourth-order valence-electron chi connectivity index (χ4n) is 3.85. The topological polar surface area (TPSA) is 62.6 Å². The van der Waals surface area contributed by atoms with Crippen LogP contribution in [-0.2, 0) is 4.79 Å². The number of furan rings is 1. The van der Waals surface area contributed by atoms with Crippen molar-refractivity contribution in [2.75, 3.05) is 11.9 Å². The normalized spacial score (nSPS) is 16.7. The molecule has 0 saturated carbocycles. The van der Waals surface area contributed by atoms with Gasteiger partial charge in [-0.3, -0.25) is 9.59 Å². The fraction of sp³-hybridized carbons (Fsp3) is 0.182. The predicted molar refractivity (Wildman–Crippen MR) is 111 cm³/mol. The van der Waals surface area contributed by atoms with E-state index in [0.717, 1.165) is 28.4 Å². The number of benzene rings is 2. The van der Waals surface area contributed by atoms with Gasteiger partial charge in [-0.25, -0.2) is 0 Å². The van der Waals surface area contributed by atoms with E-state index in [9.17, 15) is 9.59 Å². The molecule has 3 heterocycles. The zero-order valence-electron chi connectivity index (χ0n) is 15.1. The summed E-state index contributed by atoms with van der Waals surface area (Å²) in [6, 6.07) is 16.8. The maximum absolute atomic E-state index is 12.9. The molecule has 28 heavy (non-hydrogen) atoms. The highest BCUT2D eigenvalue weighted by Crippen LogP contribution is 2.31. The maximum Gasteiger partial charge on any atom is 0.264 e. The molecule has 5 rings (SSSR count). The second-order valence-corrected chi connectivity index (χ2v) is 7.88. The highest BCUT2D eigenvalue weighted by atomic mass is 32.1. The third kappa shape index (κ3) is 2.86. The minimum atomic E-state index is -0.444. The summed E-state index contributed by atoms with van der Waals surface area (Å²) in [7, 11) is 0. The predicted octanol–water partition coefficient (Wildman–Crippen LogP) is 4.89. The first-order valence-corrected chi connectivity index (χ1v) is 10.2. The van der Waals surface area contributed by atoms with E-state index in [0.29, 0.717) is 23.5 Å². The molecule has 1 aliphatic rings. The number of hydrogen-bond donors (Lipinski definition) is 1. The van der Waals surface area contributed by atoms with Crippen LogP contribution in [0.4, 0.5) is 5.69 Å².